The molecule has 0 unspecified atom stereocenters. The third-order valence-electron chi connectivity index (χ3n) is 5.09. The van der Waals surface area contributed by atoms with Gasteiger partial charge in [-0.05, 0) is 55.4 Å². The van der Waals surface area contributed by atoms with Gasteiger partial charge in [0.15, 0.2) is 6.29 Å². The molecule has 0 radical (unpaired) electrons. The minimum Gasteiger partial charge on any atom is -0.368 e. The summed E-state index contributed by atoms with van der Waals surface area (Å²) in [6.07, 6.45) is 5.82. The highest BCUT2D eigenvalue weighted by Gasteiger charge is 2.25. The number of nitrogens with one attached hydrogen (secondary N) is 2. The lowest BCUT2D eigenvalue weighted by atomic mass is 9.92. The number of benzene rings is 1. The summed E-state index contributed by atoms with van der Waals surface area (Å²) < 4.78 is 0. The van der Waals surface area contributed by atoms with Crippen molar-refractivity contribution in [2.24, 2.45) is 0 Å². The van der Waals surface area contributed by atoms with Gasteiger partial charge in [-0.3, -0.25) is 4.79 Å². The molecule has 2 aliphatic rings. The Bertz CT molecular complexity index is 849. The van der Waals surface area contributed by atoms with Gasteiger partial charge in [0.05, 0.1) is 5.57 Å². The van der Waals surface area contributed by atoms with Crippen molar-refractivity contribution in [3.8, 4) is 0 Å². The first-order chi connectivity index (χ1) is 12.1. The van der Waals surface area contributed by atoms with Crippen LogP contribution < -0.4 is 5.32 Å². The Morgan fingerprint density at radius 1 is 1.16 bits per heavy atom. The SMILES string of the molecule is O=C1Nc2ccccc2/C1=C\c1[nH]c2c(c1CCC(O)O)CCCC2. The summed E-state index contributed by atoms with van der Waals surface area (Å²) in [4.78, 5) is 15.9. The fourth-order valence-corrected chi connectivity index (χ4v) is 3.89. The maximum absolute atomic E-state index is 12.4. The molecule has 5 nitrogen and oxygen atoms in total. The van der Waals surface area contributed by atoms with Crippen LogP contribution in [0, 0.1) is 0 Å². The maximum Gasteiger partial charge on any atom is 0.256 e. The predicted octanol–water partition coefficient (Wildman–Crippen LogP) is 2.63. The zero-order chi connectivity index (χ0) is 17.4. The van der Waals surface area contributed by atoms with Crippen molar-refractivity contribution in [3.63, 3.8) is 0 Å². The lowest BCUT2D eigenvalue weighted by Gasteiger charge is -2.13. The molecule has 25 heavy (non-hydrogen) atoms. The lowest BCUT2D eigenvalue weighted by molar-refractivity contribution is -0.110. The largest absolute Gasteiger partial charge is 0.368 e. The molecule has 0 bridgehead atoms. The Morgan fingerprint density at radius 2 is 1.96 bits per heavy atom. The topological polar surface area (TPSA) is 85.4 Å². The molecule has 2 aromatic rings. The summed E-state index contributed by atoms with van der Waals surface area (Å²) in [7, 11) is 0. The smallest absolute Gasteiger partial charge is 0.256 e. The van der Waals surface area contributed by atoms with Gasteiger partial charge < -0.3 is 20.5 Å². The first-order valence-electron chi connectivity index (χ1n) is 8.84. The Hall–Kier alpha value is -2.37. The first kappa shape index (κ1) is 16.1. The molecule has 1 aliphatic heterocycles. The number of aryl methyl sites for hydroxylation is 1. The highest BCUT2D eigenvalue weighted by Crippen LogP contribution is 2.35. The number of hydrogen-bond donors (Lipinski definition) is 4. The van der Waals surface area contributed by atoms with Gasteiger partial charge in [-0.2, -0.15) is 0 Å². The van der Waals surface area contributed by atoms with E-state index < -0.39 is 6.29 Å². The number of carbonyl (C=O) groups excluding carboxylic acids is 1. The number of fused-ring (bicyclic) bond motifs is 2. The quantitative estimate of drug-likeness (QED) is 0.511. The van der Waals surface area contributed by atoms with E-state index in [0.717, 1.165) is 48.2 Å². The number of H-pyrrole nitrogens is 1. The second-order valence-electron chi connectivity index (χ2n) is 6.76. The molecule has 0 spiro atoms. The van der Waals surface area contributed by atoms with Crippen molar-refractivity contribution in [3.05, 3.63) is 52.3 Å². The van der Waals surface area contributed by atoms with Crippen LogP contribution in [-0.4, -0.2) is 27.4 Å². The summed E-state index contributed by atoms with van der Waals surface area (Å²) in [5, 5.41) is 21.4. The Morgan fingerprint density at radius 3 is 2.80 bits per heavy atom. The van der Waals surface area contributed by atoms with Crippen LogP contribution in [0.25, 0.3) is 11.6 Å². The average molecular weight is 338 g/mol. The number of aromatic amines is 1. The number of para-hydroxylation sites is 1. The second-order valence-corrected chi connectivity index (χ2v) is 6.76. The Balaban J connectivity index is 1.77. The molecule has 1 aromatic carbocycles. The number of amides is 1. The van der Waals surface area contributed by atoms with Gasteiger partial charge in [-0.25, -0.2) is 0 Å². The molecule has 0 atom stereocenters. The summed E-state index contributed by atoms with van der Waals surface area (Å²) >= 11 is 0. The van der Waals surface area contributed by atoms with Crippen molar-refractivity contribution >= 4 is 23.2 Å². The molecule has 2 heterocycles. The highest BCUT2D eigenvalue weighted by molar-refractivity contribution is 6.34. The van der Waals surface area contributed by atoms with Crippen LogP contribution in [0.5, 0.6) is 0 Å². The number of rotatable bonds is 4. The number of aliphatic hydroxyl groups excluding tert-OH is 1. The number of anilines is 1. The summed E-state index contributed by atoms with van der Waals surface area (Å²) in [5.41, 5.74) is 6.97. The highest BCUT2D eigenvalue weighted by atomic mass is 16.5. The molecule has 130 valence electrons. The monoisotopic (exact) mass is 338 g/mol. The van der Waals surface area contributed by atoms with E-state index in [1.165, 1.54) is 11.3 Å². The third kappa shape index (κ3) is 3.01. The molecule has 4 rings (SSSR count). The fraction of sp³-hybridized carbons (Fsp3) is 0.350. The van der Waals surface area contributed by atoms with Crippen LogP contribution in [-0.2, 0) is 24.1 Å². The summed E-state index contributed by atoms with van der Waals surface area (Å²) in [5.74, 6) is -0.0954. The molecular formula is C20H22N2O3. The molecule has 1 aliphatic carbocycles. The van der Waals surface area contributed by atoms with E-state index in [2.05, 4.69) is 10.3 Å². The molecule has 5 heteroatoms. The molecule has 0 saturated heterocycles. The zero-order valence-electron chi connectivity index (χ0n) is 14.0. The summed E-state index contributed by atoms with van der Waals surface area (Å²) in [6.45, 7) is 0. The van der Waals surface area contributed by atoms with E-state index in [9.17, 15) is 15.0 Å². The number of carbonyl (C=O) groups is 1. The van der Waals surface area contributed by atoms with Gasteiger partial charge in [0.1, 0.15) is 0 Å². The van der Waals surface area contributed by atoms with E-state index in [-0.39, 0.29) is 5.91 Å². The van der Waals surface area contributed by atoms with Crippen molar-refractivity contribution in [1.29, 1.82) is 0 Å². The maximum atomic E-state index is 12.4. The summed E-state index contributed by atoms with van der Waals surface area (Å²) in [6, 6.07) is 7.68. The standard InChI is InChI=1S/C20H22N2O3/c23-19(24)10-9-14-12-5-1-3-7-16(12)21-18(14)11-15-13-6-2-4-8-17(13)22-20(15)25/h2,4,6,8,11,19,21,23-24H,1,3,5,7,9-10H2,(H,22,25)/b15-11+. The van der Waals surface area contributed by atoms with Crippen LogP contribution in [0.4, 0.5) is 5.69 Å². The van der Waals surface area contributed by atoms with Crippen molar-refractivity contribution in [2.75, 3.05) is 5.32 Å². The Kier molecular flexibility index (Phi) is 4.19. The van der Waals surface area contributed by atoms with Gasteiger partial charge >= 0.3 is 0 Å². The number of aliphatic hydroxyl groups is 2. The Labute approximate surface area is 146 Å². The molecule has 4 N–H and O–H groups in total. The minimum atomic E-state index is -1.31. The second kappa shape index (κ2) is 6.50. The van der Waals surface area contributed by atoms with Crippen molar-refractivity contribution < 1.29 is 15.0 Å². The van der Waals surface area contributed by atoms with E-state index in [1.54, 1.807) is 0 Å². The van der Waals surface area contributed by atoms with E-state index >= 15 is 0 Å². The normalized spacial score (nSPS) is 17.7. The van der Waals surface area contributed by atoms with Crippen molar-refractivity contribution in [2.45, 2.75) is 44.8 Å². The average Bonchev–Trinajstić information content (AvgIpc) is 3.11. The molecule has 1 aromatic heterocycles. The van der Waals surface area contributed by atoms with Gasteiger partial charge in [-0.15, -0.1) is 0 Å². The van der Waals surface area contributed by atoms with Gasteiger partial charge in [-0.1, -0.05) is 18.2 Å². The van der Waals surface area contributed by atoms with Crippen LogP contribution in [0.1, 0.15) is 47.3 Å². The van der Waals surface area contributed by atoms with E-state index in [1.807, 2.05) is 30.3 Å². The zero-order valence-corrected chi connectivity index (χ0v) is 14.0. The third-order valence-corrected chi connectivity index (χ3v) is 5.09. The molecule has 1 amide bonds. The molecular weight excluding hydrogens is 316 g/mol. The number of aromatic nitrogens is 1. The van der Waals surface area contributed by atoms with Crippen LogP contribution >= 0.6 is 0 Å². The van der Waals surface area contributed by atoms with Crippen LogP contribution in [0.2, 0.25) is 0 Å². The van der Waals surface area contributed by atoms with Crippen LogP contribution in [0.3, 0.4) is 0 Å². The molecule has 0 saturated carbocycles. The molecule has 0 fully saturated rings. The lowest BCUT2D eigenvalue weighted by Crippen LogP contribution is -2.08. The fourth-order valence-electron chi connectivity index (χ4n) is 3.89. The van der Waals surface area contributed by atoms with Gasteiger partial charge in [0.25, 0.3) is 5.91 Å². The van der Waals surface area contributed by atoms with Gasteiger partial charge in [0, 0.05) is 29.1 Å². The predicted molar refractivity (Wildman–Crippen MR) is 96.9 cm³/mol. The minimum absolute atomic E-state index is 0.0954. The number of hydrogen-bond acceptors (Lipinski definition) is 3. The van der Waals surface area contributed by atoms with Crippen molar-refractivity contribution in [1.82, 2.24) is 4.98 Å². The van der Waals surface area contributed by atoms with E-state index in [0.29, 0.717) is 18.4 Å². The van der Waals surface area contributed by atoms with Crippen LogP contribution in [0.15, 0.2) is 24.3 Å². The first-order valence-corrected chi connectivity index (χ1v) is 8.84. The van der Waals surface area contributed by atoms with E-state index in [4.69, 9.17) is 0 Å². The van der Waals surface area contributed by atoms with Gasteiger partial charge in [0.2, 0.25) is 0 Å².